The highest BCUT2D eigenvalue weighted by atomic mass is 32.2. The number of hydrogen-bond donors (Lipinski definition) is 2. The number of esters is 1. The molecule has 3 aromatic carbocycles. The molecule has 0 fully saturated rings. The van der Waals surface area contributed by atoms with Gasteiger partial charge in [-0.3, -0.25) is 9.36 Å². The molecular formula is C28H22F2N4O4S. The first kappa shape index (κ1) is 26.1. The van der Waals surface area contributed by atoms with E-state index in [1.807, 2.05) is 6.07 Å². The van der Waals surface area contributed by atoms with E-state index in [1.54, 1.807) is 55.5 Å². The second-order valence-electron chi connectivity index (χ2n) is 8.49. The number of urea groups is 1. The van der Waals surface area contributed by atoms with E-state index in [0.717, 1.165) is 28.5 Å². The van der Waals surface area contributed by atoms with E-state index in [0.29, 0.717) is 17.1 Å². The molecule has 1 aliphatic rings. The fourth-order valence-corrected chi connectivity index (χ4v) is 5.27. The normalized spacial score (nSPS) is 15.2. The van der Waals surface area contributed by atoms with E-state index in [-0.39, 0.29) is 39.9 Å². The van der Waals surface area contributed by atoms with Crippen molar-refractivity contribution < 1.29 is 23.1 Å². The summed E-state index contributed by atoms with van der Waals surface area (Å²) in [5.74, 6) is -2.37. The van der Waals surface area contributed by atoms with Gasteiger partial charge in [-0.1, -0.05) is 54.2 Å². The molecule has 11 heteroatoms. The maximum Gasteiger partial charge on any atom is 0.338 e. The highest BCUT2D eigenvalue weighted by molar-refractivity contribution is 7.99. The molecule has 1 atom stereocenters. The number of rotatable bonds is 7. The third kappa shape index (κ3) is 5.26. The highest BCUT2D eigenvalue weighted by Crippen LogP contribution is 2.31. The second kappa shape index (κ2) is 11.1. The molecule has 2 N–H and O–H groups in total. The summed E-state index contributed by atoms with van der Waals surface area (Å²) in [4.78, 5) is 43.7. The monoisotopic (exact) mass is 548 g/mol. The van der Waals surface area contributed by atoms with Gasteiger partial charge in [0.25, 0.3) is 5.56 Å². The van der Waals surface area contributed by atoms with Crippen molar-refractivity contribution in [3.8, 4) is 5.69 Å². The minimum atomic E-state index is -0.943. The van der Waals surface area contributed by atoms with Gasteiger partial charge in [-0.05, 0) is 36.8 Å². The van der Waals surface area contributed by atoms with Crippen molar-refractivity contribution in [3.05, 3.63) is 112 Å². The quantitative estimate of drug-likeness (QED) is 0.198. The van der Waals surface area contributed by atoms with Crippen LogP contribution in [0.1, 0.15) is 18.5 Å². The minimum absolute atomic E-state index is 0.0154. The Morgan fingerprint density at radius 3 is 2.54 bits per heavy atom. The van der Waals surface area contributed by atoms with Crippen LogP contribution in [0.25, 0.3) is 16.6 Å². The minimum Gasteiger partial charge on any atom is -0.463 e. The van der Waals surface area contributed by atoms with Gasteiger partial charge in [-0.15, -0.1) is 0 Å². The Bertz CT molecular complexity index is 1670. The van der Waals surface area contributed by atoms with Crippen molar-refractivity contribution in [1.29, 1.82) is 0 Å². The predicted octanol–water partition coefficient (Wildman–Crippen LogP) is 4.63. The van der Waals surface area contributed by atoms with Crippen LogP contribution in [0.2, 0.25) is 0 Å². The number of para-hydroxylation sites is 1. The first-order valence-electron chi connectivity index (χ1n) is 12.0. The summed E-state index contributed by atoms with van der Waals surface area (Å²) in [7, 11) is 0. The maximum absolute atomic E-state index is 14.9. The number of carbonyl (C=O) groups is 2. The number of carbonyl (C=O) groups excluding carboxylic acids is 2. The number of ether oxygens (including phenoxy) is 1. The van der Waals surface area contributed by atoms with Crippen LogP contribution in [0.3, 0.4) is 0 Å². The van der Waals surface area contributed by atoms with Gasteiger partial charge in [0.15, 0.2) is 5.16 Å². The van der Waals surface area contributed by atoms with Crippen molar-refractivity contribution in [2.45, 2.75) is 18.1 Å². The van der Waals surface area contributed by atoms with E-state index in [2.05, 4.69) is 15.6 Å². The molecule has 0 radical (unpaired) electrons. The molecule has 0 bridgehead atoms. The van der Waals surface area contributed by atoms with E-state index >= 15 is 0 Å². The molecule has 0 saturated heterocycles. The molecule has 1 aliphatic heterocycles. The average Bonchev–Trinajstić information content (AvgIpc) is 2.93. The lowest BCUT2D eigenvalue weighted by atomic mass is 9.95. The summed E-state index contributed by atoms with van der Waals surface area (Å²) in [6.07, 6.45) is 0. The summed E-state index contributed by atoms with van der Waals surface area (Å²) in [5, 5.41) is 5.77. The van der Waals surface area contributed by atoms with Crippen LogP contribution in [0.4, 0.5) is 13.6 Å². The number of benzene rings is 3. The summed E-state index contributed by atoms with van der Waals surface area (Å²) in [6.45, 7) is 1.79. The predicted molar refractivity (Wildman–Crippen MR) is 142 cm³/mol. The Balaban J connectivity index is 1.62. The largest absolute Gasteiger partial charge is 0.463 e. The maximum atomic E-state index is 14.9. The lowest BCUT2D eigenvalue weighted by molar-refractivity contribution is -0.139. The third-order valence-electron chi connectivity index (χ3n) is 6.02. The van der Waals surface area contributed by atoms with Crippen molar-refractivity contribution in [3.63, 3.8) is 0 Å². The molecule has 5 rings (SSSR count). The molecule has 0 aliphatic carbocycles. The van der Waals surface area contributed by atoms with Gasteiger partial charge in [0.1, 0.15) is 11.6 Å². The molecule has 2 amide bonds. The summed E-state index contributed by atoms with van der Waals surface area (Å²) < 4.78 is 34.9. The van der Waals surface area contributed by atoms with E-state index in [1.165, 1.54) is 0 Å². The van der Waals surface area contributed by atoms with Gasteiger partial charge in [0.2, 0.25) is 0 Å². The molecule has 0 spiro atoms. The Morgan fingerprint density at radius 2 is 1.79 bits per heavy atom. The first-order chi connectivity index (χ1) is 18.9. The van der Waals surface area contributed by atoms with Gasteiger partial charge in [0, 0.05) is 17.5 Å². The Hall–Kier alpha value is -4.51. The van der Waals surface area contributed by atoms with E-state index < -0.39 is 35.2 Å². The average molecular weight is 549 g/mol. The van der Waals surface area contributed by atoms with Crippen LogP contribution in [0.15, 0.2) is 94.0 Å². The smallest absolute Gasteiger partial charge is 0.338 e. The topological polar surface area (TPSA) is 102 Å². The zero-order chi connectivity index (χ0) is 27.5. The fourth-order valence-electron chi connectivity index (χ4n) is 4.30. The van der Waals surface area contributed by atoms with Gasteiger partial charge in [-0.2, -0.15) is 0 Å². The number of aromatic nitrogens is 2. The molecular weight excluding hydrogens is 526 g/mol. The fraction of sp³-hybridized carbons (Fsp3) is 0.143. The van der Waals surface area contributed by atoms with Crippen LogP contribution in [-0.2, 0) is 9.53 Å². The van der Waals surface area contributed by atoms with Gasteiger partial charge < -0.3 is 15.4 Å². The molecule has 8 nitrogen and oxygen atoms in total. The van der Waals surface area contributed by atoms with Gasteiger partial charge >= 0.3 is 12.0 Å². The Morgan fingerprint density at radius 1 is 1.05 bits per heavy atom. The Kier molecular flexibility index (Phi) is 7.42. The van der Waals surface area contributed by atoms with Crippen molar-refractivity contribution in [1.82, 2.24) is 20.2 Å². The number of thioether (sulfide) groups is 1. The molecule has 4 aromatic rings. The number of fused-ring (bicyclic) bond motifs is 1. The summed E-state index contributed by atoms with van der Waals surface area (Å²) in [5.41, 5.74) is 0.761. The molecule has 0 unspecified atom stereocenters. The van der Waals surface area contributed by atoms with Crippen LogP contribution in [0, 0.1) is 11.6 Å². The number of hydrogen-bond acceptors (Lipinski definition) is 6. The zero-order valence-corrected chi connectivity index (χ0v) is 21.4. The lowest BCUT2D eigenvalue weighted by Crippen LogP contribution is -2.46. The summed E-state index contributed by atoms with van der Waals surface area (Å²) >= 11 is 1.01. The van der Waals surface area contributed by atoms with Crippen molar-refractivity contribution >= 4 is 34.7 Å². The van der Waals surface area contributed by atoms with Crippen LogP contribution in [0.5, 0.6) is 0 Å². The number of nitrogens with one attached hydrogen (secondary N) is 2. The third-order valence-corrected chi connectivity index (χ3v) is 6.99. The SMILES string of the molecule is CCOC(=O)C1=C(CSc2nc3ccccc3c(=O)n2-c2ccc(F)cc2F)NC(=O)N[C@@H]1c1ccccc1. The van der Waals surface area contributed by atoms with Crippen molar-refractivity contribution in [2.24, 2.45) is 0 Å². The van der Waals surface area contributed by atoms with E-state index in [9.17, 15) is 23.2 Å². The number of halogens is 2. The second-order valence-corrected chi connectivity index (χ2v) is 9.43. The van der Waals surface area contributed by atoms with Crippen LogP contribution < -0.4 is 16.2 Å². The highest BCUT2D eigenvalue weighted by Gasteiger charge is 2.34. The Labute approximate surface area is 225 Å². The molecule has 1 aromatic heterocycles. The van der Waals surface area contributed by atoms with Crippen LogP contribution in [-0.4, -0.2) is 33.9 Å². The number of nitrogens with zero attached hydrogens (tertiary/aromatic N) is 2. The number of amides is 2. The van der Waals surface area contributed by atoms with Gasteiger partial charge in [0.05, 0.1) is 34.8 Å². The standard InChI is InChI=1S/C28H22F2N4O4S/c1-2-38-26(36)23-21(31-27(37)33-24(23)16-8-4-3-5-9-16)15-39-28-32-20-11-7-6-10-18(20)25(35)34(28)22-13-12-17(29)14-19(22)30/h3-14,24H,2,15H2,1H3,(H2,31,33,37)/t24-/m1/s1. The van der Waals surface area contributed by atoms with Crippen molar-refractivity contribution in [2.75, 3.05) is 12.4 Å². The van der Waals surface area contributed by atoms with Crippen LogP contribution >= 0.6 is 11.8 Å². The summed E-state index contributed by atoms with van der Waals surface area (Å²) in [6, 6.07) is 17.1. The first-order valence-corrected chi connectivity index (χ1v) is 13.0. The van der Waals surface area contributed by atoms with Gasteiger partial charge in [-0.25, -0.2) is 23.4 Å². The lowest BCUT2D eigenvalue weighted by Gasteiger charge is -2.29. The molecule has 39 heavy (non-hydrogen) atoms. The van der Waals surface area contributed by atoms with E-state index in [4.69, 9.17) is 4.74 Å². The zero-order valence-electron chi connectivity index (χ0n) is 20.6. The molecule has 0 saturated carbocycles. The molecule has 198 valence electrons. The molecule has 2 heterocycles.